The highest BCUT2D eigenvalue weighted by Crippen LogP contribution is 2.10. The smallest absolute Gasteiger partial charge is 0.338 e. The van der Waals surface area contributed by atoms with Crippen LogP contribution in [0, 0.1) is 11.3 Å². The quantitative estimate of drug-likeness (QED) is 0.817. The van der Waals surface area contributed by atoms with Crippen LogP contribution in [0.1, 0.15) is 28.8 Å². The summed E-state index contributed by atoms with van der Waals surface area (Å²) >= 11 is 0. The molecule has 1 aromatic carbocycles. The van der Waals surface area contributed by atoms with Gasteiger partial charge < -0.3 is 14.8 Å². The number of carbonyl (C=O) groups excluding carboxylic acids is 2. The molecule has 1 amide bonds. The van der Waals surface area contributed by atoms with Crippen molar-refractivity contribution in [3.05, 3.63) is 35.4 Å². The normalized spacial score (nSPS) is 17.0. The molecule has 0 spiro atoms. The first kappa shape index (κ1) is 15.0. The Morgan fingerprint density at radius 1 is 1.38 bits per heavy atom. The SMILES string of the molecule is N#Cc1ccc(C(=O)OCC(=O)NCC2CCCO2)cc1. The molecule has 0 aromatic heterocycles. The molecule has 1 N–H and O–H groups in total. The lowest BCUT2D eigenvalue weighted by Crippen LogP contribution is -2.34. The molecular weight excluding hydrogens is 272 g/mol. The standard InChI is InChI=1S/C15H16N2O4/c16-8-11-3-5-12(6-4-11)15(19)21-10-14(18)17-9-13-2-1-7-20-13/h3-6,13H,1-2,7,9-10H2,(H,17,18). The molecule has 1 aromatic rings. The molecule has 0 saturated carbocycles. The second-order valence-corrected chi connectivity index (χ2v) is 4.70. The summed E-state index contributed by atoms with van der Waals surface area (Å²) in [6.45, 7) is 0.840. The van der Waals surface area contributed by atoms with Gasteiger partial charge in [-0.1, -0.05) is 0 Å². The fourth-order valence-corrected chi connectivity index (χ4v) is 1.98. The van der Waals surface area contributed by atoms with Crippen molar-refractivity contribution in [1.29, 1.82) is 5.26 Å². The fraction of sp³-hybridized carbons (Fsp3) is 0.400. The lowest BCUT2D eigenvalue weighted by molar-refractivity contribution is -0.124. The van der Waals surface area contributed by atoms with Gasteiger partial charge in [0, 0.05) is 13.2 Å². The average molecular weight is 288 g/mol. The number of nitrogens with zero attached hydrogens (tertiary/aromatic N) is 1. The van der Waals surface area contributed by atoms with Crippen molar-refractivity contribution in [2.75, 3.05) is 19.8 Å². The van der Waals surface area contributed by atoms with E-state index in [9.17, 15) is 9.59 Å². The summed E-state index contributed by atoms with van der Waals surface area (Å²) in [5.74, 6) is -0.945. The van der Waals surface area contributed by atoms with Crippen LogP contribution < -0.4 is 5.32 Å². The number of amides is 1. The average Bonchev–Trinajstić information content (AvgIpc) is 3.04. The minimum absolute atomic E-state index is 0.0585. The van der Waals surface area contributed by atoms with Crippen LogP contribution in [0.25, 0.3) is 0 Å². The molecule has 21 heavy (non-hydrogen) atoms. The number of hydrogen-bond donors (Lipinski definition) is 1. The summed E-state index contributed by atoms with van der Waals surface area (Å²) in [6.07, 6.45) is 2.00. The Hall–Kier alpha value is -2.39. The van der Waals surface area contributed by atoms with E-state index in [1.54, 1.807) is 0 Å². The second-order valence-electron chi connectivity index (χ2n) is 4.70. The summed E-state index contributed by atoms with van der Waals surface area (Å²) in [5.41, 5.74) is 0.766. The van der Waals surface area contributed by atoms with Crippen molar-refractivity contribution in [1.82, 2.24) is 5.32 Å². The van der Waals surface area contributed by atoms with E-state index in [0.717, 1.165) is 19.4 Å². The summed E-state index contributed by atoms with van der Waals surface area (Å²) in [4.78, 5) is 23.2. The Labute approximate surface area is 122 Å². The van der Waals surface area contributed by atoms with Gasteiger partial charge in [0.25, 0.3) is 5.91 Å². The number of rotatable bonds is 5. The van der Waals surface area contributed by atoms with E-state index >= 15 is 0 Å². The summed E-state index contributed by atoms with van der Waals surface area (Å²) < 4.78 is 10.3. The van der Waals surface area contributed by atoms with Crippen molar-refractivity contribution in [2.24, 2.45) is 0 Å². The van der Waals surface area contributed by atoms with E-state index in [2.05, 4.69) is 5.32 Å². The van der Waals surface area contributed by atoms with Gasteiger partial charge in [0.05, 0.1) is 23.3 Å². The van der Waals surface area contributed by atoms with E-state index < -0.39 is 5.97 Å². The zero-order valence-corrected chi connectivity index (χ0v) is 11.5. The Morgan fingerprint density at radius 2 is 2.14 bits per heavy atom. The molecule has 6 nitrogen and oxygen atoms in total. The van der Waals surface area contributed by atoms with E-state index in [-0.39, 0.29) is 18.6 Å². The monoisotopic (exact) mass is 288 g/mol. The second kappa shape index (κ2) is 7.41. The van der Waals surface area contributed by atoms with Gasteiger partial charge >= 0.3 is 5.97 Å². The molecule has 1 aliphatic heterocycles. The highest BCUT2D eigenvalue weighted by atomic mass is 16.5. The fourth-order valence-electron chi connectivity index (χ4n) is 1.98. The third-order valence-electron chi connectivity index (χ3n) is 3.13. The van der Waals surface area contributed by atoms with Gasteiger partial charge in [-0.2, -0.15) is 5.26 Å². The predicted molar refractivity (Wildman–Crippen MR) is 73.4 cm³/mol. The molecular formula is C15H16N2O4. The largest absolute Gasteiger partial charge is 0.452 e. The maximum Gasteiger partial charge on any atom is 0.338 e. The number of nitriles is 1. The third-order valence-corrected chi connectivity index (χ3v) is 3.13. The zero-order valence-electron chi connectivity index (χ0n) is 11.5. The van der Waals surface area contributed by atoms with Gasteiger partial charge in [-0.25, -0.2) is 4.79 Å². The minimum atomic E-state index is -0.591. The van der Waals surface area contributed by atoms with Crippen LogP contribution in [0.15, 0.2) is 24.3 Å². The lowest BCUT2D eigenvalue weighted by Gasteiger charge is -2.10. The molecule has 0 aliphatic carbocycles. The van der Waals surface area contributed by atoms with Crippen LogP contribution in [0.4, 0.5) is 0 Å². The zero-order chi connectivity index (χ0) is 15.1. The highest BCUT2D eigenvalue weighted by molar-refractivity contribution is 5.91. The van der Waals surface area contributed by atoms with E-state index in [1.165, 1.54) is 24.3 Å². The van der Waals surface area contributed by atoms with Gasteiger partial charge in [-0.05, 0) is 37.1 Å². The van der Waals surface area contributed by atoms with Crippen LogP contribution in [0.2, 0.25) is 0 Å². The maximum atomic E-state index is 11.7. The summed E-state index contributed by atoms with van der Waals surface area (Å²) in [7, 11) is 0. The lowest BCUT2D eigenvalue weighted by atomic mass is 10.1. The first-order chi connectivity index (χ1) is 10.2. The number of ether oxygens (including phenoxy) is 2. The molecule has 1 aliphatic rings. The van der Waals surface area contributed by atoms with Crippen LogP contribution in [-0.2, 0) is 14.3 Å². The number of hydrogen-bond acceptors (Lipinski definition) is 5. The van der Waals surface area contributed by atoms with E-state index in [1.807, 2.05) is 6.07 Å². The maximum absolute atomic E-state index is 11.7. The van der Waals surface area contributed by atoms with Gasteiger partial charge in [0.2, 0.25) is 0 Å². The molecule has 0 radical (unpaired) electrons. The Balaban J connectivity index is 1.72. The van der Waals surface area contributed by atoms with Crippen molar-refractivity contribution < 1.29 is 19.1 Å². The van der Waals surface area contributed by atoms with Crippen LogP contribution in [-0.4, -0.2) is 37.7 Å². The molecule has 0 bridgehead atoms. The molecule has 2 rings (SSSR count). The van der Waals surface area contributed by atoms with Gasteiger partial charge in [-0.3, -0.25) is 4.79 Å². The Morgan fingerprint density at radius 3 is 2.76 bits per heavy atom. The van der Waals surface area contributed by atoms with E-state index in [4.69, 9.17) is 14.7 Å². The van der Waals surface area contributed by atoms with Crippen molar-refractivity contribution in [3.63, 3.8) is 0 Å². The first-order valence-electron chi connectivity index (χ1n) is 6.74. The molecule has 1 saturated heterocycles. The van der Waals surface area contributed by atoms with E-state index in [0.29, 0.717) is 17.7 Å². The topological polar surface area (TPSA) is 88.4 Å². The summed E-state index contributed by atoms with van der Waals surface area (Å²) in [5, 5.41) is 11.3. The number of carbonyl (C=O) groups is 2. The van der Waals surface area contributed by atoms with Crippen LogP contribution >= 0.6 is 0 Å². The molecule has 1 fully saturated rings. The molecule has 1 unspecified atom stereocenters. The first-order valence-corrected chi connectivity index (χ1v) is 6.74. The molecule has 1 heterocycles. The van der Waals surface area contributed by atoms with Crippen LogP contribution in [0.5, 0.6) is 0 Å². The van der Waals surface area contributed by atoms with Crippen molar-refractivity contribution in [2.45, 2.75) is 18.9 Å². The predicted octanol–water partition coefficient (Wildman–Crippen LogP) is 1.01. The van der Waals surface area contributed by atoms with Gasteiger partial charge in [-0.15, -0.1) is 0 Å². The van der Waals surface area contributed by atoms with Crippen molar-refractivity contribution >= 4 is 11.9 Å². The molecule has 1 atom stereocenters. The van der Waals surface area contributed by atoms with Crippen LogP contribution in [0.3, 0.4) is 0 Å². The Bertz CT molecular complexity index is 542. The highest BCUT2D eigenvalue weighted by Gasteiger charge is 2.16. The summed E-state index contributed by atoms with van der Waals surface area (Å²) in [6, 6.07) is 7.98. The number of esters is 1. The third kappa shape index (κ3) is 4.58. The molecule has 6 heteroatoms. The van der Waals surface area contributed by atoms with Gasteiger partial charge in [0.15, 0.2) is 6.61 Å². The van der Waals surface area contributed by atoms with Crippen molar-refractivity contribution in [3.8, 4) is 6.07 Å². The van der Waals surface area contributed by atoms with Gasteiger partial charge in [0.1, 0.15) is 0 Å². The Kier molecular flexibility index (Phi) is 5.29. The number of nitrogens with one attached hydrogen (secondary N) is 1. The number of benzene rings is 1. The molecule has 110 valence electrons. The minimum Gasteiger partial charge on any atom is -0.452 e.